The smallest absolute Gasteiger partial charge is 0.0358 e. The van der Waals surface area contributed by atoms with Crippen molar-refractivity contribution >= 4 is 0 Å². The molecule has 0 radical (unpaired) electrons. The summed E-state index contributed by atoms with van der Waals surface area (Å²) >= 11 is 0. The zero-order valence-corrected chi connectivity index (χ0v) is 12.7. The Morgan fingerprint density at radius 3 is 2.33 bits per heavy atom. The summed E-state index contributed by atoms with van der Waals surface area (Å²) in [5.41, 5.74) is 10.1. The summed E-state index contributed by atoms with van der Waals surface area (Å²) in [7, 11) is 2.01. The van der Waals surface area contributed by atoms with E-state index in [0.717, 1.165) is 0 Å². The van der Waals surface area contributed by atoms with E-state index in [0.29, 0.717) is 18.5 Å². The van der Waals surface area contributed by atoms with Crippen LogP contribution < -0.4 is 11.1 Å². The van der Waals surface area contributed by atoms with Gasteiger partial charge in [0.25, 0.3) is 0 Å². The van der Waals surface area contributed by atoms with Gasteiger partial charge in [-0.25, -0.2) is 0 Å². The Kier molecular flexibility index (Phi) is 4.94. The van der Waals surface area contributed by atoms with Crippen LogP contribution in [0.1, 0.15) is 50.4 Å². The first-order valence-electron chi connectivity index (χ1n) is 6.79. The van der Waals surface area contributed by atoms with Gasteiger partial charge in [-0.3, -0.25) is 0 Å². The third kappa shape index (κ3) is 3.33. The minimum Gasteiger partial charge on any atom is -0.330 e. The van der Waals surface area contributed by atoms with Crippen LogP contribution in [0.15, 0.2) is 18.2 Å². The van der Waals surface area contributed by atoms with E-state index in [1.54, 1.807) is 0 Å². The molecule has 0 spiro atoms. The van der Waals surface area contributed by atoms with Crippen LogP contribution in [-0.4, -0.2) is 13.6 Å². The molecular weight excluding hydrogens is 220 g/mol. The van der Waals surface area contributed by atoms with E-state index in [2.05, 4.69) is 58.1 Å². The van der Waals surface area contributed by atoms with Crippen LogP contribution >= 0.6 is 0 Å². The molecule has 0 heterocycles. The molecule has 0 aliphatic rings. The van der Waals surface area contributed by atoms with Gasteiger partial charge >= 0.3 is 0 Å². The average molecular weight is 248 g/mol. The molecule has 2 heteroatoms. The quantitative estimate of drug-likeness (QED) is 0.859. The average Bonchev–Trinajstić information content (AvgIpc) is 2.30. The molecule has 0 aliphatic heterocycles. The summed E-state index contributed by atoms with van der Waals surface area (Å²) in [5, 5.41) is 3.41. The van der Waals surface area contributed by atoms with Crippen LogP contribution in [0, 0.1) is 12.8 Å². The summed E-state index contributed by atoms with van der Waals surface area (Å²) in [6.45, 7) is 11.8. The van der Waals surface area contributed by atoms with Gasteiger partial charge in [-0.05, 0) is 48.5 Å². The zero-order chi connectivity index (χ0) is 13.9. The van der Waals surface area contributed by atoms with E-state index in [9.17, 15) is 0 Å². The molecule has 2 atom stereocenters. The van der Waals surface area contributed by atoms with Crippen LogP contribution in [0.25, 0.3) is 0 Å². The van der Waals surface area contributed by atoms with Gasteiger partial charge in [0.05, 0.1) is 0 Å². The molecule has 0 fully saturated rings. The molecule has 102 valence electrons. The lowest BCUT2D eigenvalue weighted by Crippen LogP contribution is -2.29. The normalized spacial score (nSPS) is 15.5. The molecule has 2 unspecified atom stereocenters. The van der Waals surface area contributed by atoms with E-state index >= 15 is 0 Å². The van der Waals surface area contributed by atoms with Gasteiger partial charge in [0, 0.05) is 6.04 Å². The molecule has 1 rings (SSSR count). The summed E-state index contributed by atoms with van der Waals surface area (Å²) < 4.78 is 0. The molecule has 0 bridgehead atoms. The van der Waals surface area contributed by atoms with Crippen molar-refractivity contribution in [3.8, 4) is 0 Å². The first-order chi connectivity index (χ1) is 8.31. The van der Waals surface area contributed by atoms with E-state index in [1.807, 2.05) is 7.05 Å². The van der Waals surface area contributed by atoms with Gasteiger partial charge in [0.15, 0.2) is 0 Å². The second-order valence-corrected chi connectivity index (χ2v) is 6.30. The van der Waals surface area contributed by atoms with Crippen molar-refractivity contribution in [1.29, 1.82) is 0 Å². The van der Waals surface area contributed by atoms with Crippen LogP contribution in [-0.2, 0) is 5.41 Å². The lowest BCUT2D eigenvalue weighted by Gasteiger charge is -2.27. The van der Waals surface area contributed by atoms with Crippen molar-refractivity contribution in [3.63, 3.8) is 0 Å². The number of benzene rings is 1. The van der Waals surface area contributed by atoms with Crippen LogP contribution in [0.2, 0.25) is 0 Å². The number of aryl methyl sites for hydroxylation is 1. The first kappa shape index (κ1) is 15.2. The van der Waals surface area contributed by atoms with Crippen LogP contribution in [0.3, 0.4) is 0 Å². The first-order valence-corrected chi connectivity index (χ1v) is 6.79. The lowest BCUT2D eigenvalue weighted by molar-refractivity contribution is 0.417. The number of nitrogens with two attached hydrogens (primary N) is 1. The molecule has 2 nitrogen and oxygen atoms in total. The fourth-order valence-electron chi connectivity index (χ4n) is 2.32. The van der Waals surface area contributed by atoms with Gasteiger partial charge in [-0.1, -0.05) is 45.9 Å². The van der Waals surface area contributed by atoms with Crippen molar-refractivity contribution < 1.29 is 0 Å². The molecule has 0 saturated heterocycles. The van der Waals surface area contributed by atoms with Gasteiger partial charge in [0.1, 0.15) is 0 Å². The molecule has 3 N–H and O–H groups in total. The fraction of sp³-hybridized carbons (Fsp3) is 0.625. The molecule has 0 aliphatic carbocycles. The third-order valence-corrected chi connectivity index (χ3v) is 3.73. The number of rotatable bonds is 4. The Morgan fingerprint density at radius 2 is 1.89 bits per heavy atom. The monoisotopic (exact) mass is 248 g/mol. The summed E-state index contributed by atoms with van der Waals surface area (Å²) in [6, 6.07) is 7.13. The third-order valence-electron chi connectivity index (χ3n) is 3.73. The van der Waals surface area contributed by atoms with Gasteiger partial charge in [-0.2, -0.15) is 0 Å². The maximum atomic E-state index is 5.82. The minimum absolute atomic E-state index is 0.187. The van der Waals surface area contributed by atoms with Crippen molar-refractivity contribution in [2.24, 2.45) is 11.7 Å². The van der Waals surface area contributed by atoms with Crippen LogP contribution in [0.4, 0.5) is 0 Å². The standard InChI is InChI=1S/C16H28N2/c1-11-7-8-13(16(3,4)5)9-14(11)15(18-6)12(2)10-17/h7-9,12,15,18H,10,17H2,1-6H3. The SMILES string of the molecule is CNC(c1cc(C(C)(C)C)ccc1C)C(C)CN. The molecule has 1 aromatic rings. The Labute approximate surface area is 112 Å². The molecular formula is C16H28N2. The highest BCUT2D eigenvalue weighted by atomic mass is 14.9. The van der Waals surface area contributed by atoms with E-state index in [-0.39, 0.29) is 5.41 Å². The highest BCUT2D eigenvalue weighted by Gasteiger charge is 2.21. The molecule has 1 aromatic carbocycles. The number of hydrogen-bond acceptors (Lipinski definition) is 2. The molecule has 0 amide bonds. The molecule has 0 saturated carbocycles. The van der Waals surface area contributed by atoms with Gasteiger partial charge in [-0.15, -0.1) is 0 Å². The van der Waals surface area contributed by atoms with Crippen molar-refractivity contribution in [2.75, 3.05) is 13.6 Å². The van der Waals surface area contributed by atoms with Gasteiger partial charge < -0.3 is 11.1 Å². The van der Waals surface area contributed by atoms with E-state index in [1.165, 1.54) is 16.7 Å². The Morgan fingerprint density at radius 1 is 1.28 bits per heavy atom. The summed E-state index contributed by atoms with van der Waals surface area (Å²) in [4.78, 5) is 0. The second kappa shape index (κ2) is 5.85. The highest BCUT2D eigenvalue weighted by Crippen LogP contribution is 2.30. The summed E-state index contributed by atoms with van der Waals surface area (Å²) in [6.07, 6.45) is 0. The minimum atomic E-state index is 0.187. The zero-order valence-electron chi connectivity index (χ0n) is 12.7. The topological polar surface area (TPSA) is 38.0 Å². The summed E-state index contributed by atoms with van der Waals surface area (Å²) in [5.74, 6) is 0.434. The fourth-order valence-corrected chi connectivity index (χ4v) is 2.32. The largest absolute Gasteiger partial charge is 0.330 e. The molecule has 0 aromatic heterocycles. The highest BCUT2D eigenvalue weighted by molar-refractivity contribution is 5.36. The predicted octanol–water partition coefficient (Wildman–Crippen LogP) is 3.15. The Hall–Kier alpha value is -0.860. The Balaban J connectivity index is 3.21. The van der Waals surface area contributed by atoms with Gasteiger partial charge in [0.2, 0.25) is 0 Å². The number of nitrogens with one attached hydrogen (secondary N) is 1. The van der Waals surface area contributed by atoms with E-state index < -0.39 is 0 Å². The Bertz CT molecular complexity index is 391. The van der Waals surface area contributed by atoms with Crippen molar-refractivity contribution in [1.82, 2.24) is 5.32 Å². The second-order valence-electron chi connectivity index (χ2n) is 6.30. The maximum Gasteiger partial charge on any atom is 0.0358 e. The van der Waals surface area contributed by atoms with E-state index in [4.69, 9.17) is 5.73 Å². The number of hydrogen-bond donors (Lipinski definition) is 2. The van der Waals surface area contributed by atoms with Crippen molar-refractivity contribution in [2.45, 2.75) is 46.1 Å². The lowest BCUT2D eigenvalue weighted by atomic mass is 9.82. The predicted molar refractivity (Wildman–Crippen MR) is 79.9 cm³/mol. The molecule has 18 heavy (non-hydrogen) atoms. The van der Waals surface area contributed by atoms with Crippen LogP contribution in [0.5, 0.6) is 0 Å². The maximum absolute atomic E-state index is 5.82. The van der Waals surface area contributed by atoms with Crippen molar-refractivity contribution in [3.05, 3.63) is 34.9 Å².